The van der Waals surface area contributed by atoms with E-state index in [0.717, 1.165) is 17.6 Å². The first-order chi connectivity index (χ1) is 12.8. The Morgan fingerprint density at radius 1 is 1.19 bits per heavy atom. The van der Waals surface area contributed by atoms with E-state index < -0.39 is 28.6 Å². The normalized spacial score (nSPS) is 11.4. The van der Waals surface area contributed by atoms with Crippen LogP contribution in [0.1, 0.15) is 11.1 Å². The van der Waals surface area contributed by atoms with Crippen LogP contribution in [0.4, 0.5) is 18.9 Å². The topological polar surface area (TPSA) is 86.9 Å². The van der Waals surface area contributed by atoms with Crippen molar-refractivity contribution in [3.63, 3.8) is 0 Å². The van der Waals surface area contributed by atoms with Gasteiger partial charge in [-0.25, -0.2) is 0 Å². The van der Waals surface area contributed by atoms with E-state index in [-0.39, 0.29) is 12.1 Å². The Morgan fingerprint density at radius 2 is 1.96 bits per heavy atom. The van der Waals surface area contributed by atoms with Crippen molar-refractivity contribution in [2.75, 3.05) is 5.32 Å². The summed E-state index contributed by atoms with van der Waals surface area (Å²) in [5.41, 5.74) is 0.237. The lowest BCUT2D eigenvalue weighted by atomic mass is 10.1. The summed E-state index contributed by atoms with van der Waals surface area (Å²) in [4.78, 5) is 30.8. The number of carbonyl (C=O) groups is 2. The number of H-pyrrole nitrogens is 1. The molecule has 2 amide bonds. The van der Waals surface area contributed by atoms with Crippen LogP contribution in [-0.4, -0.2) is 21.8 Å². The van der Waals surface area contributed by atoms with Crippen LogP contribution >= 0.6 is 11.6 Å². The molecule has 10 heteroatoms. The number of anilines is 1. The smallest absolute Gasteiger partial charge is 0.359 e. The number of aromatic amines is 1. The van der Waals surface area contributed by atoms with Crippen molar-refractivity contribution in [3.8, 4) is 0 Å². The minimum atomic E-state index is -4.61. The van der Waals surface area contributed by atoms with Crippen molar-refractivity contribution in [3.05, 3.63) is 59.0 Å². The SMILES string of the molecule is O=C(NCc1ccc(Cl)c(C(F)(F)F)c1)C(=O)Nc1c[nH]c2ccncc12. The van der Waals surface area contributed by atoms with E-state index in [1.807, 2.05) is 0 Å². The molecule has 3 rings (SSSR count). The zero-order valence-electron chi connectivity index (χ0n) is 13.5. The molecule has 3 N–H and O–H groups in total. The van der Waals surface area contributed by atoms with Crippen molar-refractivity contribution in [1.29, 1.82) is 0 Å². The molecule has 0 fully saturated rings. The molecule has 0 bridgehead atoms. The number of hydrogen-bond donors (Lipinski definition) is 3. The van der Waals surface area contributed by atoms with Gasteiger partial charge >= 0.3 is 18.0 Å². The number of nitrogens with one attached hydrogen (secondary N) is 3. The van der Waals surface area contributed by atoms with E-state index in [2.05, 4.69) is 20.6 Å². The molecule has 3 aromatic rings. The summed E-state index contributed by atoms with van der Waals surface area (Å²) in [5.74, 6) is -1.94. The van der Waals surface area contributed by atoms with Crippen molar-refractivity contribution >= 4 is 40.0 Å². The standard InChI is InChI=1S/C17H12ClF3N4O2/c18-12-2-1-9(5-11(12)17(19,20)21)6-24-15(26)16(27)25-14-8-23-13-3-4-22-7-10(13)14/h1-5,7-8,23H,6H2,(H,24,26)(H,25,27). The molecule has 140 valence electrons. The molecular weight excluding hydrogens is 385 g/mol. The lowest BCUT2D eigenvalue weighted by Gasteiger charge is -2.11. The summed E-state index contributed by atoms with van der Waals surface area (Å²) < 4.78 is 38.6. The van der Waals surface area contributed by atoms with Crippen LogP contribution in [0.25, 0.3) is 10.9 Å². The van der Waals surface area contributed by atoms with E-state index in [9.17, 15) is 22.8 Å². The molecule has 0 spiro atoms. The van der Waals surface area contributed by atoms with Gasteiger partial charge in [0, 0.05) is 30.5 Å². The number of aromatic nitrogens is 2. The molecule has 0 saturated heterocycles. The Hall–Kier alpha value is -3.07. The summed E-state index contributed by atoms with van der Waals surface area (Å²) in [6.45, 7) is -0.262. The monoisotopic (exact) mass is 396 g/mol. The second-order valence-electron chi connectivity index (χ2n) is 5.57. The molecule has 0 unspecified atom stereocenters. The van der Waals surface area contributed by atoms with Crippen molar-refractivity contribution in [1.82, 2.24) is 15.3 Å². The van der Waals surface area contributed by atoms with Gasteiger partial charge < -0.3 is 15.6 Å². The van der Waals surface area contributed by atoms with Gasteiger partial charge in [0.05, 0.1) is 21.8 Å². The number of alkyl halides is 3. The van der Waals surface area contributed by atoms with E-state index in [0.29, 0.717) is 11.1 Å². The highest BCUT2D eigenvalue weighted by Crippen LogP contribution is 2.35. The van der Waals surface area contributed by atoms with Crippen LogP contribution < -0.4 is 10.6 Å². The molecule has 2 heterocycles. The number of carbonyl (C=O) groups excluding carboxylic acids is 2. The number of hydrogen-bond acceptors (Lipinski definition) is 3. The van der Waals surface area contributed by atoms with E-state index in [1.54, 1.807) is 12.3 Å². The molecule has 1 aromatic carbocycles. The molecule has 0 aliphatic carbocycles. The maximum absolute atomic E-state index is 12.9. The maximum atomic E-state index is 12.9. The summed E-state index contributed by atoms with van der Waals surface area (Å²) in [7, 11) is 0. The second-order valence-corrected chi connectivity index (χ2v) is 5.98. The number of nitrogens with zero attached hydrogens (tertiary/aromatic N) is 1. The van der Waals surface area contributed by atoms with Crippen LogP contribution in [-0.2, 0) is 22.3 Å². The number of benzene rings is 1. The van der Waals surface area contributed by atoms with Gasteiger partial charge in [-0.1, -0.05) is 17.7 Å². The third-order valence-electron chi connectivity index (χ3n) is 3.73. The Labute approximate surface area is 155 Å². The Balaban J connectivity index is 1.65. The predicted octanol–water partition coefficient (Wildman–Crippen LogP) is 3.49. The number of fused-ring (bicyclic) bond motifs is 1. The highest BCUT2D eigenvalue weighted by Gasteiger charge is 2.33. The van der Waals surface area contributed by atoms with Gasteiger partial charge in [-0.2, -0.15) is 13.2 Å². The lowest BCUT2D eigenvalue weighted by molar-refractivity contribution is -0.137. The zero-order valence-corrected chi connectivity index (χ0v) is 14.3. The fourth-order valence-corrected chi connectivity index (χ4v) is 2.63. The Morgan fingerprint density at radius 3 is 2.70 bits per heavy atom. The molecule has 0 saturated carbocycles. The Kier molecular flexibility index (Phi) is 5.04. The van der Waals surface area contributed by atoms with E-state index in [1.165, 1.54) is 18.5 Å². The molecule has 2 aromatic heterocycles. The molecule has 0 aliphatic heterocycles. The van der Waals surface area contributed by atoms with Crippen molar-refractivity contribution < 1.29 is 22.8 Å². The van der Waals surface area contributed by atoms with Crippen molar-refractivity contribution in [2.45, 2.75) is 12.7 Å². The summed E-state index contributed by atoms with van der Waals surface area (Å²) >= 11 is 5.54. The number of pyridine rings is 1. The highest BCUT2D eigenvalue weighted by atomic mass is 35.5. The quantitative estimate of drug-likeness (QED) is 0.592. The van der Waals surface area contributed by atoms with Gasteiger partial charge in [0.15, 0.2) is 0 Å². The van der Waals surface area contributed by atoms with Gasteiger partial charge in [0.1, 0.15) is 0 Å². The minimum absolute atomic E-state index is 0.157. The fraction of sp³-hybridized carbons (Fsp3) is 0.118. The zero-order chi connectivity index (χ0) is 19.6. The van der Waals surface area contributed by atoms with Crippen LogP contribution in [0, 0.1) is 0 Å². The summed E-state index contributed by atoms with van der Waals surface area (Å²) in [6, 6.07) is 4.95. The number of rotatable bonds is 3. The molecule has 27 heavy (non-hydrogen) atoms. The number of amides is 2. The largest absolute Gasteiger partial charge is 0.417 e. The first-order valence-electron chi connectivity index (χ1n) is 7.61. The van der Waals surface area contributed by atoms with Gasteiger partial charge in [0.2, 0.25) is 0 Å². The van der Waals surface area contributed by atoms with Crippen LogP contribution in [0.5, 0.6) is 0 Å². The molecular formula is C17H12ClF3N4O2. The molecule has 0 radical (unpaired) electrons. The first kappa shape index (κ1) is 18.7. The third kappa shape index (κ3) is 4.20. The first-order valence-corrected chi connectivity index (χ1v) is 7.99. The molecule has 0 aliphatic rings. The van der Waals surface area contributed by atoms with Gasteiger partial charge in [-0.3, -0.25) is 14.6 Å². The minimum Gasteiger partial charge on any atom is -0.359 e. The van der Waals surface area contributed by atoms with Crippen LogP contribution in [0.15, 0.2) is 42.9 Å². The van der Waals surface area contributed by atoms with Crippen LogP contribution in [0.3, 0.4) is 0 Å². The predicted molar refractivity (Wildman–Crippen MR) is 93.0 cm³/mol. The second kappa shape index (κ2) is 7.28. The maximum Gasteiger partial charge on any atom is 0.417 e. The molecule has 6 nitrogen and oxygen atoms in total. The van der Waals surface area contributed by atoms with Gasteiger partial charge in [-0.05, 0) is 23.8 Å². The lowest BCUT2D eigenvalue weighted by Crippen LogP contribution is -2.35. The van der Waals surface area contributed by atoms with Crippen LogP contribution in [0.2, 0.25) is 5.02 Å². The van der Waals surface area contributed by atoms with E-state index in [4.69, 9.17) is 11.6 Å². The fourth-order valence-electron chi connectivity index (χ4n) is 2.41. The highest BCUT2D eigenvalue weighted by molar-refractivity contribution is 6.40. The van der Waals surface area contributed by atoms with Gasteiger partial charge in [-0.15, -0.1) is 0 Å². The third-order valence-corrected chi connectivity index (χ3v) is 4.06. The summed E-state index contributed by atoms with van der Waals surface area (Å²) in [6.07, 6.45) is -0.0195. The van der Waals surface area contributed by atoms with Gasteiger partial charge in [0.25, 0.3) is 0 Å². The molecule has 0 atom stereocenters. The Bertz CT molecular complexity index is 1020. The average molecular weight is 397 g/mol. The van der Waals surface area contributed by atoms with E-state index >= 15 is 0 Å². The summed E-state index contributed by atoms with van der Waals surface area (Å²) in [5, 5.41) is 4.87. The van der Waals surface area contributed by atoms with Crippen molar-refractivity contribution in [2.24, 2.45) is 0 Å². The number of halogens is 4. The average Bonchev–Trinajstić information content (AvgIpc) is 3.03.